The number of anilines is 3. The van der Waals surface area contributed by atoms with E-state index in [1.54, 1.807) is 0 Å². The molecule has 3 heteroatoms. The Bertz CT molecular complexity index is 3590. The Balaban J connectivity index is 0.955. The van der Waals surface area contributed by atoms with Crippen LogP contribution in [0.3, 0.4) is 0 Å². The zero-order chi connectivity index (χ0) is 40.3. The number of furan rings is 1. The van der Waals surface area contributed by atoms with Gasteiger partial charge in [-0.15, -0.1) is 11.3 Å². The van der Waals surface area contributed by atoms with E-state index in [9.17, 15) is 0 Å². The summed E-state index contributed by atoms with van der Waals surface area (Å²) >= 11 is 1.86. The topological polar surface area (TPSA) is 16.4 Å². The van der Waals surface area contributed by atoms with Crippen LogP contribution in [0.25, 0.3) is 97.4 Å². The number of rotatable bonds is 7. The zero-order valence-electron chi connectivity index (χ0n) is 33.1. The van der Waals surface area contributed by atoms with Gasteiger partial charge in [-0.2, -0.15) is 0 Å². The minimum absolute atomic E-state index is 0.905. The Morgan fingerprint density at radius 2 is 0.885 bits per heavy atom. The van der Waals surface area contributed by atoms with Gasteiger partial charge in [-0.1, -0.05) is 152 Å². The van der Waals surface area contributed by atoms with E-state index in [1.807, 2.05) is 23.5 Å². The zero-order valence-corrected chi connectivity index (χ0v) is 33.9. The van der Waals surface area contributed by atoms with Crippen molar-refractivity contribution in [2.45, 2.75) is 0 Å². The molecule has 0 saturated heterocycles. The van der Waals surface area contributed by atoms with E-state index in [2.05, 4.69) is 217 Å². The summed E-state index contributed by atoms with van der Waals surface area (Å²) in [6.45, 7) is 0. The summed E-state index contributed by atoms with van der Waals surface area (Å²) in [6.07, 6.45) is 0. The fourth-order valence-electron chi connectivity index (χ4n) is 9.13. The maximum Gasteiger partial charge on any atom is 0.135 e. The van der Waals surface area contributed by atoms with Crippen molar-refractivity contribution in [3.05, 3.63) is 224 Å². The Morgan fingerprint density at radius 3 is 1.74 bits per heavy atom. The molecule has 0 saturated carbocycles. The van der Waals surface area contributed by atoms with E-state index in [4.69, 9.17) is 4.42 Å². The fourth-order valence-corrected chi connectivity index (χ4v) is 10.3. The molecule has 0 aliphatic rings. The Kier molecular flexibility index (Phi) is 8.39. The van der Waals surface area contributed by atoms with Crippen LogP contribution < -0.4 is 4.90 Å². The SMILES string of the molecule is c1cc(-c2cccc(N(c3ccc(-c4ccc5oc6ccccc6c5c4)cc3)c3ccc(-c4cccc5sc6ccccc6c45)cc3)c2)cc(-c2cccc3ccccc23)c1. The number of hydrogen-bond acceptors (Lipinski definition) is 3. The van der Waals surface area contributed by atoms with E-state index in [-0.39, 0.29) is 0 Å². The summed E-state index contributed by atoms with van der Waals surface area (Å²) in [5, 5.41) is 7.41. The molecule has 10 aromatic carbocycles. The van der Waals surface area contributed by atoms with Gasteiger partial charge in [0, 0.05) is 48.0 Å². The summed E-state index contributed by atoms with van der Waals surface area (Å²) < 4.78 is 8.77. The molecule has 61 heavy (non-hydrogen) atoms. The second-order valence-electron chi connectivity index (χ2n) is 15.7. The van der Waals surface area contributed by atoms with Crippen molar-refractivity contribution in [2.24, 2.45) is 0 Å². The van der Waals surface area contributed by atoms with Gasteiger partial charge >= 0.3 is 0 Å². The van der Waals surface area contributed by atoms with Gasteiger partial charge in [0.15, 0.2) is 0 Å². The molecule has 0 amide bonds. The lowest BCUT2D eigenvalue weighted by Gasteiger charge is -2.26. The van der Waals surface area contributed by atoms with Gasteiger partial charge in [-0.05, 0) is 128 Å². The van der Waals surface area contributed by atoms with Crippen molar-refractivity contribution in [1.29, 1.82) is 0 Å². The molecular weight excluding hydrogens is 759 g/mol. The van der Waals surface area contributed by atoms with Gasteiger partial charge < -0.3 is 9.32 Å². The lowest BCUT2D eigenvalue weighted by molar-refractivity contribution is 0.669. The molecule has 12 aromatic rings. The van der Waals surface area contributed by atoms with E-state index in [0.717, 1.165) is 55.7 Å². The molecule has 0 bridgehead atoms. The Hall–Kier alpha value is -7.72. The van der Waals surface area contributed by atoms with Crippen LogP contribution in [0.5, 0.6) is 0 Å². The molecule has 0 N–H and O–H groups in total. The lowest BCUT2D eigenvalue weighted by atomic mass is 9.95. The summed E-state index contributed by atoms with van der Waals surface area (Å²) in [7, 11) is 0. The van der Waals surface area contributed by atoms with E-state index < -0.39 is 0 Å². The van der Waals surface area contributed by atoms with Gasteiger partial charge in [-0.25, -0.2) is 0 Å². The molecule has 2 heterocycles. The Labute approximate surface area is 357 Å². The average molecular weight is 796 g/mol. The molecule has 0 unspecified atom stereocenters. The lowest BCUT2D eigenvalue weighted by Crippen LogP contribution is -2.10. The van der Waals surface area contributed by atoms with Crippen LogP contribution in [-0.2, 0) is 0 Å². The van der Waals surface area contributed by atoms with Crippen LogP contribution in [-0.4, -0.2) is 0 Å². The third-order valence-electron chi connectivity index (χ3n) is 12.1. The monoisotopic (exact) mass is 795 g/mol. The maximum atomic E-state index is 6.15. The van der Waals surface area contributed by atoms with Crippen LogP contribution in [0.1, 0.15) is 0 Å². The van der Waals surface area contributed by atoms with Gasteiger partial charge in [0.2, 0.25) is 0 Å². The van der Waals surface area contributed by atoms with Crippen molar-refractivity contribution < 1.29 is 4.42 Å². The van der Waals surface area contributed by atoms with Gasteiger partial charge in [0.05, 0.1) is 0 Å². The third-order valence-corrected chi connectivity index (χ3v) is 13.2. The summed E-state index contributed by atoms with van der Waals surface area (Å²) in [4.78, 5) is 2.37. The number of fused-ring (bicyclic) bond motifs is 7. The van der Waals surface area contributed by atoms with E-state index in [0.29, 0.717) is 0 Å². The maximum absolute atomic E-state index is 6.15. The first-order valence-corrected chi connectivity index (χ1v) is 21.5. The van der Waals surface area contributed by atoms with Crippen molar-refractivity contribution in [3.63, 3.8) is 0 Å². The van der Waals surface area contributed by atoms with Gasteiger partial charge in [-0.3, -0.25) is 0 Å². The highest BCUT2D eigenvalue weighted by Gasteiger charge is 2.17. The Morgan fingerprint density at radius 1 is 0.311 bits per heavy atom. The van der Waals surface area contributed by atoms with Gasteiger partial charge in [0.1, 0.15) is 11.2 Å². The molecular formula is C58H37NOS. The molecule has 0 aliphatic heterocycles. The summed E-state index contributed by atoms with van der Waals surface area (Å²) in [5.41, 5.74) is 14.6. The first kappa shape index (κ1) is 35.2. The van der Waals surface area contributed by atoms with Crippen molar-refractivity contribution in [2.75, 3.05) is 4.90 Å². The first-order chi connectivity index (χ1) is 30.2. The smallest absolute Gasteiger partial charge is 0.135 e. The van der Waals surface area contributed by atoms with Crippen LogP contribution in [0, 0.1) is 0 Å². The van der Waals surface area contributed by atoms with Gasteiger partial charge in [0.25, 0.3) is 0 Å². The third kappa shape index (κ3) is 6.18. The predicted molar refractivity (Wildman–Crippen MR) is 261 cm³/mol. The summed E-state index contributed by atoms with van der Waals surface area (Å²) in [5.74, 6) is 0. The first-order valence-electron chi connectivity index (χ1n) is 20.7. The van der Waals surface area contributed by atoms with Crippen LogP contribution in [0.2, 0.25) is 0 Å². The van der Waals surface area contributed by atoms with Crippen molar-refractivity contribution in [3.8, 4) is 44.5 Å². The summed E-state index contributed by atoms with van der Waals surface area (Å²) in [6, 6.07) is 81.3. The molecule has 0 fully saturated rings. The normalized spacial score (nSPS) is 11.6. The highest BCUT2D eigenvalue weighted by atomic mass is 32.1. The molecule has 2 aromatic heterocycles. The second-order valence-corrected chi connectivity index (χ2v) is 16.8. The van der Waals surface area contributed by atoms with E-state index >= 15 is 0 Å². The largest absolute Gasteiger partial charge is 0.456 e. The number of hydrogen-bond donors (Lipinski definition) is 0. The minimum atomic E-state index is 0.905. The standard InChI is InChI=1S/C58H37NOS/c1-2-17-48-39(11-1)12-9-20-49(48)44-15-7-13-41(35-44)42-14-8-16-47(36-42)59(45-30-25-38(26-31-45)43-29-34-55-53(37-43)51-18-3-5-22-54(51)60-55)46-32-27-40(28-33-46)50-21-10-24-57-58(50)52-19-4-6-23-56(52)61-57/h1-37H. The molecule has 0 aliphatic carbocycles. The predicted octanol–water partition coefficient (Wildman–Crippen LogP) is 17.2. The van der Waals surface area contributed by atoms with Crippen LogP contribution >= 0.6 is 11.3 Å². The average Bonchev–Trinajstić information content (AvgIpc) is 3.90. The molecule has 286 valence electrons. The number of thiophene rings is 1. The van der Waals surface area contributed by atoms with Crippen LogP contribution in [0.4, 0.5) is 17.1 Å². The number of benzene rings is 10. The fraction of sp³-hybridized carbons (Fsp3) is 0. The molecule has 0 spiro atoms. The molecule has 2 nitrogen and oxygen atoms in total. The molecule has 12 rings (SSSR count). The van der Waals surface area contributed by atoms with Crippen molar-refractivity contribution in [1.82, 2.24) is 0 Å². The minimum Gasteiger partial charge on any atom is -0.456 e. The number of para-hydroxylation sites is 1. The van der Waals surface area contributed by atoms with Crippen molar-refractivity contribution >= 4 is 81.3 Å². The van der Waals surface area contributed by atoms with Crippen LogP contribution in [0.15, 0.2) is 229 Å². The number of nitrogens with zero attached hydrogens (tertiary/aromatic N) is 1. The highest BCUT2D eigenvalue weighted by Crippen LogP contribution is 2.43. The quantitative estimate of drug-likeness (QED) is 0.160. The molecule has 0 radical (unpaired) electrons. The second kappa shape index (κ2) is 14.5. The highest BCUT2D eigenvalue weighted by molar-refractivity contribution is 7.25. The molecule has 0 atom stereocenters. The van der Waals surface area contributed by atoms with E-state index in [1.165, 1.54) is 58.8 Å².